The number of hydrogen-bond donors (Lipinski definition) is 2. The predicted octanol–water partition coefficient (Wildman–Crippen LogP) is 3.49. The lowest BCUT2D eigenvalue weighted by atomic mass is 9.95. The molecule has 4 atom stereocenters. The van der Waals surface area contributed by atoms with E-state index in [4.69, 9.17) is 0 Å². The Morgan fingerprint density at radius 3 is 2.50 bits per heavy atom. The second-order valence-corrected chi connectivity index (χ2v) is 11.5. The minimum absolute atomic E-state index is 0. The van der Waals surface area contributed by atoms with Crippen LogP contribution < -0.4 is 10.6 Å². The van der Waals surface area contributed by atoms with Gasteiger partial charge in [-0.05, 0) is 44.7 Å². The van der Waals surface area contributed by atoms with Gasteiger partial charge in [0.25, 0.3) is 0 Å². The van der Waals surface area contributed by atoms with Crippen molar-refractivity contribution in [3.8, 4) is 0 Å². The average molecular weight is 570 g/mol. The Kier molecular flexibility index (Phi) is 12.5. The molecule has 4 unspecified atom stereocenters. The van der Waals surface area contributed by atoms with Gasteiger partial charge in [-0.2, -0.15) is 0 Å². The highest BCUT2D eigenvalue weighted by Gasteiger charge is 2.27. The maximum Gasteiger partial charge on any atom is 0.191 e. The maximum absolute atomic E-state index is 12.7. The number of aliphatic imine (C=N–C) groups is 1. The topological polar surface area (TPSA) is 87.6 Å². The summed E-state index contributed by atoms with van der Waals surface area (Å²) in [6, 6.07) is 8.55. The molecule has 30 heavy (non-hydrogen) atoms. The minimum Gasteiger partial charge on any atom is -0.354 e. The third-order valence-electron chi connectivity index (χ3n) is 5.30. The van der Waals surface area contributed by atoms with Crippen LogP contribution in [-0.4, -0.2) is 54.0 Å². The van der Waals surface area contributed by atoms with E-state index >= 15 is 0 Å². The van der Waals surface area contributed by atoms with Crippen molar-refractivity contribution < 1.29 is 12.6 Å². The largest absolute Gasteiger partial charge is 0.354 e. The highest BCUT2D eigenvalue weighted by atomic mass is 127. The van der Waals surface area contributed by atoms with Gasteiger partial charge in [-0.1, -0.05) is 38.5 Å². The van der Waals surface area contributed by atoms with E-state index in [0.29, 0.717) is 29.6 Å². The molecule has 0 heterocycles. The summed E-state index contributed by atoms with van der Waals surface area (Å²) in [5.74, 6) is 1.36. The van der Waals surface area contributed by atoms with Crippen molar-refractivity contribution in [1.29, 1.82) is 0 Å². The molecule has 0 radical (unpaired) electrons. The Labute approximate surface area is 201 Å². The first-order valence-corrected chi connectivity index (χ1v) is 13.7. The van der Waals surface area contributed by atoms with Crippen molar-refractivity contribution in [2.75, 3.05) is 18.1 Å². The monoisotopic (exact) mass is 569 g/mol. The summed E-state index contributed by atoms with van der Waals surface area (Å²) in [7, 11) is -4.15. The van der Waals surface area contributed by atoms with Crippen LogP contribution in [0.1, 0.15) is 52.9 Å². The van der Waals surface area contributed by atoms with Crippen LogP contribution in [0.3, 0.4) is 0 Å². The van der Waals surface area contributed by atoms with Gasteiger partial charge in [-0.25, -0.2) is 8.42 Å². The van der Waals surface area contributed by atoms with Gasteiger partial charge >= 0.3 is 0 Å². The van der Waals surface area contributed by atoms with Crippen LogP contribution in [0.15, 0.2) is 40.2 Å². The zero-order valence-corrected chi connectivity index (χ0v) is 22.1. The number of guanidine groups is 1. The van der Waals surface area contributed by atoms with Gasteiger partial charge < -0.3 is 10.6 Å². The lowest BCUT2D eigenvalue weighted by Crippen LogP contribution is -2.51. The van der Waals surface area contributed by atoms with E-state index in [9.17, 15) is 12.6 Å². The molecular formula is C21H36IN3O3S2. The van der Waals surface area contributed by atoms with Crippen LogP contribution in [0.2, 0.25) is 0 Å². The van der Waals surface area contributed by atoms with E-state index in [1.807, 2.05) is 26.8 Å². The molecule has 1 saturated carbocycles. The molecule has 9 heteroatoms. The zero-order valence-electron chi connectivity index (χ0n) is 18.2. The van der Waals surface area contributed by atoms with Crippen LogP contribution >= 0.6 is 24.0 Å². The van der Waals surface area contributed by atoms with Crippen LogP contribution in [0.4, 0.5) is 0 Å². The predicted molar refractivity (Wildman–Crippen MR) is 137 cm³/mol. The van der Waals surface area contributed by atoms with E-state index in [2.05, 4.69) is 15.6 Å². The summed E-state index contributed by atoms with van der Waals surface area (Å²) in [6.07, 6.45) is 4.61. The fraction of sp³-hybridized carbons (Fsp3) is 0.667. The standard InChI is InChI=1S/C21H35N3O3S2.HI/c1-4-17(16-29(26,27)20-13-8-7-9-14-20)23-21(22-5-2)24-18-11-10-12-19(15-18)28(25)6-3;/h7-9,13-14,17-19H,4-6,10-12,15-16H2,1-3H3,(H2,22,23,24);1H. The van der Waals surface area contributed by atoms with Gasteiger partial charge in [0.05, 0.1) is 10.6 Å². The molecule has 0 amide bonds. The number of nitrogens with one attached hydrogen (secondary N) is 2. The van der Waals surface area contributed by atoms with E-state index < -0.39 is 20.6 Å². The number of rotatable bonds is 9. The Morgan fingerprint density at radius 2 is 1.90 bits per heavy atom. The highest BCUT2D eigenvalue weighted by Crippen LogP contribution is 2.23. The lowest BCUT2D eigenvalue weighted by Gasteiger charge is -2.31. The summed E-state index contributed by atoms with van der Waals surface area (Å²) < 4.78 is 37.7. The van der Waals surface area contributed by atoms with Crippen LogP contribution in [0.25, 0.3) is 0 Å². The summed E-state index contributed by atoms with van der Waals surface area (Å²) in [5.41, 5.74) is 0. The molecule has 1 aromatic rings. The SMILES string of the molecule is CCN=C(NC1CCCC(S(=O)CC)C1)NC(CC)CS(=O)(=O)c1ccccc1.I. The first-order valence-electron chi connectivity index (χ1n) is 10.6. The summed E-state index contributed by atoms with van der Waals surface area (Å²) in [6.45, 7) is 6.51. The third kappa shape index (κ3) is 8.45. The number of hydrogen-bond acceptors (Lipinski definition) is 4. The summed E-state index contributed by atoms with van der Waals surface area (Å²) >= 11 is 0. The molecule has 172 valence electrons. The van der Waals surface area contributed by atoms with Gasteiger partial charge in [0.1, 0.15) is 0 Å². The van der Waals surface area contributed by atoms with Crippen molar-refractivity contribution in [2.45, 2.75) is 75.1 Å². The first-order chi connectivity index (χ1) is 13.9. The quantitative estimate of drug-likeness (QED) is 0.270. The fourth-order valence-electron chi connectivity index (χ4n) is 3.68. The Hall–Kier alpha value is -0.680. The second kappa shape index (κ2) is 13.7. The second-order valence-electron chi connectivity index (χ2n) is 7.47. The molecule has 1 aliphatic rings. The molecule has 1 aromatic carbocycles. The molecule has 6 nitrogen and oxygen atoms in total. The molecular weight excluding hydrogens is 533 g/mol. The molecule has 2 rings (SSSR count). The average Bonchev–Trinajstić information content (AvgIpc) is 2.73. The van der Waals surface area contributed by atoms with Crippen LogP contribution in [-0.2, 0) is 20.6 Å². The third-order valence-corrected chi connectivity index (χ3v) is 8.87. The van der Waals surface area contributed by atoms with Crippen molar-refractivity contribution in [1.82, 2.24) is 10.6 Å². The molecule has 1 fully saturated rings. The fourth-order valence-corrected chi connectivity index (χ4v) is 6.64. The lowest BCUT2D eigenvalue weighted by molar-refractivity contribution is 0.411. The molecule has 0 bridgehead atoms. The van der Waals surface area contributed by atoms with Gasteiger partial charge in [-0.3, -0.25) is 9.20 Å². The number of nitrogens with zero attached hydrogens (tertiary/aromatic N) is 1. The van der Waals surface area contributed by atoms with Gasteiger partial charge in [0, 0.05) is 40.4 Å². The smallest absolute Gasteiger partial charge is 0.191 e. The first kappa shape index (κ1) is 27.4. The maximum atomic E-state index is 12.7. The molecule has 0 aliphatic heterocycles. The Morgan fingerprint density at radius 1 is 1.20 bits per heavy atom. The van der Waals surface area contributed by atoms with Gasteiger partial charge in [-0.15, -0.1) is 24.0 Å². The van der Waals surface area contributed by atoms with Crippen molar-refractivity contribution in [2.24, 2.45) is 4.99 Å². The van der Waals surface area contributed by atoms with E-state index in [-0.39, 0.29) is 47.1 Å². The zero-order chi connectivity index (χ0) is 21.3. The van der Waals surface area contributed by atoms with E-state index in [0.717, 1.165) is 25.7 Å². The Bertz CT molecular complexity index is 788. The van der Waals surface area contributed by atoms with Gasteiger partial charge in [0.2, 0.25) is 0 Å². The van der Waals surface area contributed by atoms with Crippen LogP contribution in [0, 0.1) is 0 Å². The minimum atomic E-state index is -3.37. The molecule has 1 aliphatic carbocycles. The molecule has 0 aromatic heterocycles. The van der Waals surface area contributed by atoms with Crippen molar-refractivity contribution >= 4 is 50.6 Å². The Balaban J connectivity index is 0.00000450. The molecule has 0 saturated heterocycles. The number of halogens is 1. The summed E-state index contributed by atoms with van der Waals surface area (Å²) in [4.78, 5) is 4.87. The number of sulfone groups is 1. The summed E-state index contributed by atoms with van der Waals surface area (Å²) in [5, 5.41) is 7.02. The molecule has 2 N–H and O–H groups in total. The van der Waals surface area contributed by atoms with Gasteiger partial charge in [0.15, 0.2) is 15.8 Å². The normalized spacial score (nSPS) is 21.9. The van der Waals surface area contributed by atoms with Crippen molar-refractivity contribution in [3.63, 3.8) is 0 Å². The van der Waals surface area contributed by atoms with Crippen LogP contribution in [0.5, 0.6) is 0 Å². The van der Waals surface area contributed by atoms with E-state index in [1.54, 1.807) is 24.3 Å². The van der Waals surface area contributed by atoms with E-state index in [1.165, 1.54) is 0 Å². The van der Waals surface area contributed by atoms with Crippen molar-refractivity contribution in [3.05, 3.63) is 30.3 Å². The highest BCUT2D eigenvalue weighted by molar-refractivity contribution is 14.0. The molecule has 0 spiro atoms. The number of benzene rings is 1.